The molecule has 0 aromatic heterocycles. The van der Waals surface area contributed by atoms with Crippen LogP contribution in [0.1, 0.15) is 27.2 Å². The molecule has 70 valence electrons. The van der Waals surface area contributed by atoms with Crippen LogP contribution in [0, 0.1) is 5.41 Å². The zero-order chi connectivity index (χ0) is 9.78. The van der Waals surface area contributed by atoms with E-state index >= 15 is 0 Å². The smallest absolute Gasteiger partial charge is 0.165 e. The third kappa shape index (κ3) is 4.23. The number of carbonyl (C=O) groups excluding carboxylic acids is 2. The van der Waals surface area contributed by atoms with Gasteiger partial charge in [-0.1, -0.05) is 20.8 Å². The second kappa shape index (κ2) is 4.36. The molecule has 0 aliphatic carbocycles. The Kier molecular flexibility index (Phi) is 4.10. The van der Waals surface area contributed by atoms with Gasteiger partial charge in [-0.3, -0.25) is 9.59 Å². The summed E-state index contributed by atoms with van der Waals surface area (Å²) in [5, 5.41) is 0. The minimum atomic E-state index is -0.427. The summed E-state index contributed by atoms with van der Waals surface area (Å²) >= 11 is 0. The zero-order valence-corrected chi connectivity index (χ0v) is 8.14. The number of ether oxygens (including phenoxy) is 1. The van der Waals surface area contributed by atoms with E-state index in [4.69, 9.17) is 0 Å². The van der Waals surface area contributed by atoms with Gasteiger partial charge in [0.2, 0.25) is 0 Å². The summed E-state index contributed by atoms with van der Waals surface area (Å²) < 4.78 is 4.62. The zero-order valence-electron chi connectivity index (χ0n) is 8.14. The standard InChI is InChI=1S/C9H16O3/c1-9(2,3)8(11)5-7(10)6-12-4/h5-6H2,1-4H3. The van der Waals surface area contributed by atoms with Crippen LogP contribution in [0.3, 0.4) is 0 Å². The first-order valence-electron chi connectivity index (χ1n) is 3.92. The predicted molar refractivity (Wildman–Crippen MR) is 46.0 cm³/mol. The van der Waals surface area contributed by atoms with Gasteiger partial charge in [-0.25, -0.2) is 0 Å². The van der Waals surface area contributed by atoms with E-state index in [1.54, 1.807) is 20.8 Å². The van der Waals surface area contributed by atoms with Crippen LogP contribution in [0.4, 0.5) is 0 Å². The second-order valence-electron chi connectivity index (χ2n) is 3.82. The Labute approximate surface area is 73.1 Å². The maximum Gasteiger partial charge on any atom is 0.165 e. The lowest BCUT2D eigenvalue weighted by Crippen LogP contribution is -2.24. The summed E-state index contributed by atoms with van der Waals surface area (Å²) in [6, 6.07) is 0. The van der Waals surface area contributed by atoms with E-state index in [1.807, 2.05) is 0 Å². The summed E-state index contributed by atoms with van der Waals surface area (Å²) in [7, 11) is 1.44. The van der Waals surface area contributed by atoms with Crippen LogP contribution in [-0.4, -0.2) is 25.3 Å². The molecule has 0 saturated heterocycles. The first-order valence-corrected chi connectivity index (χ1v) is 3.92. The molecule has 3 heteroatoms. The Morgan fingerprint density at radius 1 is 1.25 bits per heavy atom. The molecule has 0 atom stereocenters. The molecular formula is C9H16O3. The van der Waals surface area contributed by atoms with E-state index in [0.29, 0.717) is 0 Å². The molecule has 3 nitrogen and oxygen atoms in total. The quantitative estimate of drug-likeness (QED) is 0.598. The minimum Gasteiger partial charge on any atom is -0.377 e. The van der Waals surface area contributed by atoms with Crippen molar-refractivity contribution < 1.29 is 14.3 Å². The van der Waals surface area contributed by atoms with Crippen LogP contribution in [0.15, 0.2) is 0 Å². The van der Waals surface area contributed by atoms with Crippen molar-refractivity contribution >= 4 is 11.6 Å². The maximum atomic E-state index is 11.3. The van der Waals surface area contributed by atoms with Crippen LogP contribution in [0.2, 0.25) is 0 Å². The van der Waals surface area contributed by atoms with Crippen LogP contribution in [0.25, 0.3) is 0 Å². The van der Waals surface area contributed by atoms with E-state index in [0.717, 1.165) is 0 Å². The first-order chi connectivity index (χ1) is 5.38. The summed E-state index contributed by atoms with van der Waals surface area (Å²) in [5.74, 6) is -0.193. The van der Waals surface area contributed by atoms with Crippen molar-refractivity contribution in [1.82, 2.24) is 0 Å². The van der Waals surface area contributed by atoms with E-state index in [-0.39, 0.29) is 24.6 Å². The van der Waals surface area contributed by atoms with E-state index in [9.17, 15) is 9.59 Å². The number of rotatable bonds is 4. The molecular weight excluding hydrogens is 156 g/mol. The van der Waals surface area contributed by atoms with Gasteiger partial charge in [-0.05, 0) is 0 Å². The number of methoxy groups -OCH3 is 1. The van der Waals surface area contributed by atoms with Gasteiger partial charge in [0.05, 0.1) is 6.42 Å². The Morgan fingerprint density at radius 2 is 1.75 bits per heavy atom. The van der Waals surface area contributed by atoms with Crippen molar-refractivity contribution in [1.29, 1.82) is 0 Å². The second-order valence-corrected chi connectivity index (χ2v) is 3.82. The van der Waals surface area contributed by atoms with Gasteiger partial charge < -0.3 is 4.74 Å². The third-order valence-corrected chi connectivity index (χ3v) is 1.50. The Hall–Kier alpha value is -0.700. The number of hydrogen-bond donors (Lipinski definition) is 0. The molecule has 0 rings (SSSR count). The molecule has 0 unspecified atom stereocenters. The minimum absolute atomic E-state index is 0.0165. The van der Waals surface area contributed by atoms with Gasteiger partial charge in [0.25, 0.3) is 0 Å². The molecule has 0 aromatic carbocycles. The van der Waals surface area contributed by atoms with Gasteiger partial charge in [0.15, 0.2) is 5.78 Å². The fraction of sp³-hybridized carbons (Fsp3) is 0.778. The Bertz CT molecular complexity index is 177. The largest absolute Gasteiger partial charge is 0.377 e. The molecule has 0 saturated carbocycles. The van der Waals surface area contributed by atoms with Gasteiger partial charge in [-0.15, -0.1) is 0 Å². The lowest BCUT2D eigenvalue weighted by molar-refractivity contribution is -0.133. The molecule has 0 aliphatic heterocycles. The monoisotopic (exact) mass is 172 g/mol. The van der Waals surface area contributed by atoms with Crippen LogP contribution >= 0.6 is 0 Å². The summed E-state index contributed by atoms with van der Waals surface area (Å²) in [6.07, 6.45) is -0.0165. The molecule has 12 heavy (non-hydrogen) atoms. The maximum absolute atomic E-state index is 11.3. The van der Waals surface area contributed by atoms with E-state index in [1.165, 1.54) is 7.11 Å². The van der Waals surface area contributed by atoms with Gasteiger partial charge >= 0.3 is 0 Å². The number of carbonyl (C=O) groups is 2. The molecule has 0 aliphatic rings. The molecule has 0 heterocycles. The van der Waals surface area contributed by atoms with Crippen molar-refractivity contribution in [2.45, 2.75) is 27.2 Å². The van der Waals surface area contributed by atoms with E-state index < -0.39 is 5.41 Å². The third-order valence-electron chi connectivity index (χ3n) is 1.50. The molecule has 0 amide bonds. The van der Waals surface area contributed by atoms with Crippen molar-refractivity contribution in [3.05, 3.63) is 0 Å². The fourth-order valence-corrected chi connectivity index (χ4v) is 0.656. The molecule has 0 bridgehead atoms. The molecule has 0 aromatic rings. The highest BCUT2D eigenvalue weighted by Gasteiger charge is 2.23. The summed E-state index contributed by atoms with van der Waals surface area (Å²) in [5.41, 5.74) is -0.427. The van der Waals surface area contributed by atoms with Crippen molar-refractivity contribution in [3.63, 3.8) is 0 Å². The van der Waals surface area contributed by atoms with Gasteiger partial charge in [-0.2, -0.15) is 0 Å². The summed E-state index contributed by atoms with van der Waals surface area (Å²) in [6.45, 7) is 5.43. The van der Waals surface area contributed by atoms with Crippen LogP contribution in [0.5, 0.6) is 0 Å². The van der Waals surface area contributed by atoms with Crippen molar-refractivity contribution in [3.8, 4) is 0 Å². The molecule has 0 spiro atoms. The molecule has 0 N–H and O–H groups in total. The molecule has 0 radical (unpaired) electrons. The van der Waals surface area contributed by atoms with Crippen molar-refractivity contribution in [2.75, 3.05) is 13.7 Å². The SMILES string of the molecule is COCC(=O)CC(=O)C(C)(C)C. The van der Waals surface area contributed by atoms with Gasteiger partial charge in [0, 0.05) is 12.5 Å². The average molecular weight is 172 g/mol. The number of hydrogen-bond acceptors (Lipinski definition) is 3. The van der Waals surface area contributed by atoms with Crippen molar-refractivity contribution in [2.24, 2.45) is 5.41 Å². The van der Waals surface area contributed by atoms with E-state index in [2.05, 4.69) is 4.74 Å². The summed E-state index contributed by atoms with van der Waals surface area (Å²) in [4.78, 5) is 22.2. The lowest BCUT2D eigenvalue weighted by Gasteiger charge is -2.15. The topological polar surface area (TPSA) is 43.4 Å². The predicted octanol–water partition coefficient (Wildman–Crippen LogP) is 1.21. The number of Topliss-reactive ketones (excluding diaryl/α,β-unsaturated/α-hetero) is 2. The van der Waals surface area contributed by atoms with Crippen LogP contribution < -0.4 is 0 Å². The van der Waals surface area contributed by atoms with Crippen LogP contribution in [-0.2, 0) is 14.3 Å². The fourth-order valence-electron chi connectivity index (χ4n) is 0.656. The highest BCUT2D eigenvalue weighted by atomic mass is 16.5. The normalized spacial score (nSPS) is 11.3. The lowest BCUT2D eigenvalue weighted by atomic mass is 9.88. The number of ketones is 2. The average Bonchev–Trinajstić information content (AvgIpc) is 1.85. The highest BCUT2D eigenvalue weighted by molar-refractivity contribution is 6.01. The Balaban J connectivity index is 3.94. The Morgan fingerprint density at radius 3 is 2.08 bits per heavy atom. The highest BCUT2D eigenvalue weighted by Crippen LogP contribution is 2.16. The molecule has 0 fully saturated rings. The first kappa shape index (κ1) is 11.3. The van der Waals surface area contributed by atoms with Gasteiger partial charge in [0.1, 0.15) is 12.4 Å².